The zero-order valence-electron chi connectivity index (χ0n) is 9.23. The molecule has 1 aromatic heterocycles. The quantitative estimate of drug-likeness (QED) is 0.646. The van der Waals surface area contributed by atoms with Gasteiger partial charge in [0, 0.05) is 4.88 Å². The van der Waals surface area contributed by atoms with Gasteiger partial charge in [-0.05, 0) is 36.1 Å². The molecule has 4 heteroatoms. The predicted octanol–water partition coefficient (Wildman–Crippen LogP) is 4.88. The highest BCUT2D eigenvalue weighted by atomic mass is 32.4. The van der Waals surface area contributed by atoms with E-state index in [2.05, 4.69) is 31.4 Å². The third-order valence-electron chi connectivity index (χ3n) is 2.49. The van der Waals surface area contributed by atoms with Crippen LogP contribution in [0.5, 0.6) is 0 Å². The second kappa shape index (κ2) is 6.70. The predicted molar refractivity (Wildman–Crippen MR) is 71.2 cm³/mol. The van der Waals surface area contributed by atoms with Crippen molar-refractivity contribution in [2.45, 2.75) is 45.1 Å². The third-order valence-corrected chi connectivity index (χ3v) is 4.19. The average Bonchev–Trinajstić information content (AvgIpc) is 2.72. The molecule has 0 saturated carbocycles. The lowest BCUT2D eigenvalue weighted by molar-refractivity contribution is 0.0716. The van der Waals surface area contributed by atoms with Crippen molar-refractivity contribution >= 4 is 30.7 Å². The summed E-state index contributed by atoms with van der Waals surface area (Å²) < 4.78 is 5.85. The van der Waals surface area contributed by atoms with Gasteiger partial charge >= 0.3 is 0 Å². The maximum Gasteiger partial charge on any atom is 0.137 e. The summed E-state index contributed by atoms with van der Waals surface area (Å²) in [6, 6.07) is 4.25. The van der Waals surface area contributed by atoms with Gasteiger partial charge in [-0.15, -0.1) is 11.3 Å². The van der Waals surface area contributed by atoms with Gasteiger partial charge in [0.1, 0.15) is 13.2 Å². The normalized spacial score (nSPS) is 12.1. The Hall–Kier alpha value is 0.180. The molecule has 1 rings (SSSR count). The lowest BCUT2D eigenvalue weighted by Crippen LogP contribution is -2.25. The Labute approximate surface area is 103 Å². The fourth-order valence-electron chi connectivity index (χ4n) is 1.92. The summed E-state index contributed by atoms with van der Waals surface area (Å²) in [5, 5.41) is 2.11. The lowest BCUT2D eigenvalue weighted by atomic mass is 9.91. The molecule has 0 unspecified atom stereocenters. The van der Waals surface area contributed by atoms with Gasteiger partial charge in [0.05, 0.1) is 0 Å². The van der Waals surface area contributed by atoms with E-state index in [9.17, 15) is 0 Å². The minimum absolute atomic E-state index is 0.124. The van der Waals surface area contributed by atoms with Crippen molar-refractivity contribution in [3.63, 3.8) is 0 Å². The van der Waals surface area contributed by atoms with Crippen LogP contribution in [0.4, 0.5) is 0 Å². The van der Waals surface area contributed by atoms with Gasteiger partial charge in [0.25, 0.3) is 0 Å². The van der Waals surface area contributed by atoms with Crippen molar-refractivity contribution in [3.05, 3.63) is 22.4 Å². The van der Waals surface area contributed by atoms with Crippen molar-refractivity contribution in [2.75, 3.05) is 0 Å². The molecule has 0 amide bonds. The van der Waals surface area contributed by atoms with Gasteiger partial charge in [0.15, 0.2) is 0 Å². The Kier molecular flexibility index (Phi) is 5.91. The molecule has 0 bridgehead atoms. The maximum absolute atomic E-state index is 5.85. The average molecular weight is 260 g/mol. The molecule has 0 aromatic carbocycles. The van der Waals surface area contributed by atoms with Crippen LogP contribution in [-0.4, -0.2) is 0 Å². The molecule has 0 spiro atoms. The number of thiophene rings is 1. The van der Waals surface area contributed by atoms with Crippen LogP contribution < -0.4 is 0 Å². The van der Waals surface area contributed by atoms with E-state index in [-0.39, 0.29) is 5.60 Å². The van der Waals surface area contributed by atoms with Gasteiger partial charge in [0.2, 0.25) is 0 Å². The van der Waals surface area contributed by atoms with E-state index < -0.39 is 0 Å². The molecular formula is C11H17OPS2. The minimum Gasteiger partial charge on any atom is -0.305 e. The van der Waals surface area contributed by atoms with E-state index in [1.165, 1.54) is 4.88 Å². The van der Waals surface area contributed by atoms with Crippen LogP contribution in [0.3, 0.4) is 0 Å². The Morgan fingerprint density at radius 3 is 2.47 bits per heavy atom. The first kappa shape index (κ1) is 13.2. The largest absolute Gasteiger partial charge is 0.305 e. The first-order valence-corrected chi connectivity index (χ1v) is 8.04. The van der Waals surface area contributed by atoms with E-state index in [4.69, 9.17) is 16.3 Å². The second-order valence-electron chi connectivity index (χ2n) is 3.64. The summed E-state index contributed by atoms with van der Waals surface area (Å²) in [7, 11) is 0.617. The van der Waals surface area contributed by atoms with Gasteiger partial charge in [-0.1, -0.05) is 32.8 Å². The summed E-state index contributed by atoms with van der Waals surface area (Å²) >= 11 is 6.73. The van der Waals surface area contributed by atoms with Crippen molar-refractivity contribution in [3.8, 4) is 0 Å². The Bertz CT molecular complexity index is 279. The maximum atomic E-state index is 5.85. The molecule has 1 heterocycles. The van der Waals surface area contributed by atoms with E-state index in [0.29, 0.717) is 7.58 Å². The standard InChI is InChI=1S/C11H17OPS2/c1-3-7-11(8-4-2,12-13-14)10-6-5-9-15-10/h5-6,9H,3-4,7-8H2,1-2H3. The Balaban J connectivity index is 2.95. The number of hydrogen-bond donors (Lipinski definition) is 0. The first-order valence-electron chi connectivity index (χ1n) is 5.34. The molecule has 0 aliphatic rings. The summed E-state index contributed by atoms with van der Waals surface area (Å²) in [4.78, 5) is 1.32. The van der Waals surface area contributed by atoms with Crippen LogP contribution in [0.25, 0.3) is 0 Å². The molecule has 0 saturated heterocycles. The molecular weight excluding hydrogens is 243 g/mol. The fraction of sp³-hybridized carbons (Fsp3) is 0.636. The van der Waals surface area contributed by atoms with E-state index in [1.54, 1.807) is 11.3 Å². The topological polar surface area (TPSA) is 9.23 Å². The zero-order chi connectivity index (χ0) is 11.1. The molecule has 0 N–H and O–H groups in total. The minimum atomic E-state index is -0.124. The summed E-state index contributed by atoms with van der Waals surface area (Å²) in [5.41, 5.74) is -0.124. The van der Waals surface area contributed by atoms with Crippen LogP contribution >= 0.6 is 18.9 Å². The van der Waals surface area contributed by atoms with Crippen LogP contribution in [0.1, 0.15) is 44.4 Å². The van der Waals surface area contributed by atoms with Crippen LogP contribution in [-0.2, 0) is 21.9 Å². The van der Waals surface area contributed by atoms with Crippen molar-refractivity contribution < 1.29 is 4.52 Å². The third kappa shape index (κ3) is 3.32. The summed E-state index contributed by atoms with van der Waals surface area (Å²) in [6.07, 6.45) is 4.38. The molecule has 1 nitrogen and oxygen atoms in total. The number of hydrogen-bond acceptors (Lipinski definition) is 3. The molecule has 0 radical (unpaired) electrons. The second-order valence-corrected chi connectivity index (χ2v) is 5.36. The SMILES string of the molecule is CCCC(CCC)(OP=S)c1cccs1. The molecule has 1 aromatic rings. The highest BCUT2D eigenvalue weighted by Gasteiger charge is 2.32. The first-order chi connectivity index (χ1) is 7.29. The Morgan fingerprint density at radius 1 is 1.40 bits per heavy atom. The lowest BCUT2D eigenvalue weighted by Gasteiger charge is -2.30. The van der Waals surface area contributed by atoms with Gasteiger partial charge in [-0.3, -0.25) is 0 Å². The zero-order valence-corrected chi connectivity index (χ0v) is 11.8. The van der Waals surface area contributed by atoms with Gasteiger partial charge in [-0.2, -0.15) is 0 Å². The van der Waals surface area contributed by atoms with Crippen LogP contribution in [0.2, 0.25) is 0 Å². The molecule has 0 atom stereocenters. The van der Waals surface area contributed by atoms with Crippen molar-refractivity contribution in [1.82, 2.24) is 0 Å². The van der Waals surface area contributed by atoms with E-state index >= 15 is 0 Å². The summed E-state index contributed by atoms with van der Waals surface area (Å²) in [6.45, 7) is 4.39. The highest BCUT2D eigenvalue weighted by molar-refractivity contribution is 7.94. The van der Waals surface area contributed by atoms with Gasteiger partial charge in [-0.25, -0.2) is 0 Å². The highest BCUT2D eigenvalue weighted by Crippen LogP contribution is 2.40. The van der Waals surface area contributed by atoms with Crippen molar-refractivity contribution in [1.29, 1.82) is 0 Å². The monoisotopic (exact) mass is 260 g/mol. The van der Waals surface area contributed by atoms with Crippen LogP contribution in [0.15, 0.2) is 17.5 Å². The molecule has 0 fully saturated rings. The van der Waals surface area contributed by atoms with E-state index in [0.717, 1.165) is 25.7 Å². The summed E-state index contributed by atoms with van der Waals surface area (Å²) in [5.74, 6) is 0. The Morgan fingerprint density at radius 2 is 2.07 bits per heavy atom. The fourth-order valence-corrected chi connectivity index (χ4v) is 3.76. The van der Waals surface area contributed by atoms with Gasteiger partial charge < -0.3 is 4.52 Å². The van der Waals surface area contributed by atoms with Crippen LogP contribution in [0, 0.1) is 0 Å². The molecule has 0 aliphatic carbocycles. The van der Waals surface area contributed by atoms with Crippen molar-refractivity contribution in [2.24, 2.45) is 0 Å². The molecule has 15 heavy (non-hydrogen) atoms. The smallest absolute Gasteiger partial charge is 0.137 e. The van der Waals surface area contributed by atoms with E-state index in [1.807, 2.05) is 0 Å². The molecule has 0 aliphatic heterocycles. The number of rotatable bonds is 7. The molecule has 84 valence electrons.